The lowest BCUT2D eigenvalue weighted by Gasteiger charge is -2.09. The zero-order valence-corrected chi connectivity index (χ0v) is 12.4. The third-order valence-electron chi connectivity index (χ3n) is 2.72. The quantitative estimate of drug-likeness (QED) is 0.887. The first-order valence-corrected chi connectivity index (χ1v) is 6.94. The topological polar surface area (TPSA) is 74.2 Å². The Balaban J connectivity index is 1.99. The average Bonchev–Trinajstić information content (AvgIpc) is 2.85. The van der Waals surface area contributed by atoms with E-state index in [-0.39, 0.29) is 12.6 Å². The largest absolute Gasteiger partial charge is 0.484 e. The molecule has 1 aromatic heterocycles. The van der Waals surface area contributed by atoms with E-state index in [4.69, 9.17) is 26.6 Å². The molecule has 108 valence electrons. The Kier molecular flexibility index (Phi) is 4.98. The molecule has 2 N–H and O–H groups in total. The van der Waals surface area contributed by atoms with Crippen molar-refractivity contribution in [1.82, 2.24) is 10.1 Å². The smallest absolute Gasteiger partial charge is 0.226 e. The van der Waals surface area contributed by atoms with Gasteiger partial charge in [-0.2, -0.15) is 4.98 Å². The van der Waals surface area contributed by atoms with E-state index in [1.807, 2.05) is 32.0 Å². The normalized spacial score (nSPS) is 12.4. The van der Waals surface area contributed by atoms with Gasteiger partial charge in [-0.05, 0) is 31.0 Å². The van der Waals surface area contributed by atoms with Crippen molar-refractivity contribution >= 4 is 11.6 Å². The van der Waals surface area contributed by atoms with E-state index < -0.39 is 0 Å². The molecule has 0 fully saturated rings. The van der Waals surface area contributed by atoms with Crippen LogP contribution < -0.4 is 10.5 Å². The molecule has 0 aliphatic heterocycles. The molecule has 0 spiro atoms. The molecule has 1 atom stereocenters. The lowest BCUT2D eigenvalue weighted by Crippen LogP contribution is -2.17. The molecule has 5 nitrogen and oxygen atoms in total. The highest BCUT2D eigenvalue weighted by molar-refractivity contribution is 6.32. The monoisotopic (exact) mass is 295 g/mol. The fourth-order valence-corrected chi connectivity index (χ4v) is 2.05. The summed E-state index contributed by atoms with van der Waals surface area (Å²) >= 11 is 6.18. The standard InChI is InChI=1S/C14H18ClN3O2/c1-3-14-17-13(18-20-14)8-19-12-5-4-10(6-9(2)16)7-11(12)15/h4-5,7,9H,3,6,8,16H2,1-2H3. The van der Waals surface area contributed by atoms with Crippen molar-refractivity contribution in [3.8, 4) is 5.75 Å². The van der Waals surface area contributed by atoms with Crippen molar-refractivity contribution in [3.05, 3.63) is 40.5 Å². The summed E-state index contributed by atoms with van der Waals surface area (Å²) < 4.78 is 10.6. The maximum atomic E-state index is 6.18. The minimum atomic E-state index is 0.102. The second kappa shape index (κ2) is 6.72. The van der Waals surface area contributed by atoms with E-state index in [0.29, 0.717) is 28.9 Å². The number of ether oxygens (including phenoxy) is 1. The van der Waals surface area contributed by atoms with Gasteiger partial charge in [0.05, 0.1) is 5.02 Å². The van der Waals surface area contributed by atoms with Crippen LogP contribution in [-0.4, -0.2) is 16.2 Å². The first-order chi connectivity index (χ1) is 9.58. The predicted octanol–water partition coefficient (Wildman–Crippen LogP) is 2.75. The summed E-state index contributed by atoms with van der Waals surface area (Å²) in [4.78, 5) is 4.17. The van der Waals surface area contributed by atoms with E-state index in [0.717, 1.165) is 12.0 Å². The van der Waals surface area contributed by atoms with E-state index >= 15 is 0 Å². The minimum Gasteiger partial charge on any atom is -0.484 e. The molecule has 1 heterocycles. The van der Waals surface area contributed by atoms with E-state index in [1.54, 1.807) is 0 Å². The lowest BCUT2D eigenvalue weighted by molar-refractivity contribution is 0.285. The summed E-state index contributed by atoms with van der Waals surface area (Å²) in [7, 11) is 0. The van der Waals surface area contributed by atoms with Crippen LogP contribution >= 0.6 is 11.6 Å². The summed E-state index contributed by atoms with van der Waals surface area (Å²) in [5.74, 6) is 1.71. The summed E-state index contributed by atoms with van der Waals surface area (Å²) in [5.41, 5.74) is 6.85. The van der Waals surface area contributed by atoms with Gasteiger partial charge in [0, 0.05) is 12.5 Å². The molecule has 0 amide bonds. The van der Waals surface area contributed by atoms with Crippen LogP contribution in [0.1, 0.15) is 31.1 Å². The molecule has 2 aromatic rings. The lowest BCUT2D eigenvalue weighted by atomic mass is 10.1. The highest BCUT2D eigenvalue weighted by Gasteiger charge is 2.08. The van der Waals surface area contributed by atoms with Crippen molar-refractivity contribution in [1.29, 1.82) is 0 Å². The van der Waals surface area contributed by atoms with Gasteiger partial charge in [-0.3, -0.25) is 0 Å². The van der Waals surface area contributed by atoms with Gasteiger partial charge in [0.1, 0.15) is 5.75 Å². The number of nitrogens with zero attached hydrogens (tertiary/aromatic N) is 2. The van der Waals surface area contributed by atoms with E-state index in [2.05, 4.69) is 10.1 Å². The first-order valence-electron chi connectivity index (χ1n) is 6.56. The van der Waals surface area contributed by atoms with Crippen LogP contribution in [0.25, 0.3) is 0 Å². The summed E-state index contributed by atoms with van der Waals surface area (Å²) in [5, 5.41) is 4.38. The van der Waals surface area contributed by atoms with Gasteiger partial charge < -0.3 is 15.0 Å². The van der Waals surface area contributed by atoms with Crippen LogP contribution in [0.4, 0.5) is 0 Å². The molecule has 1 unspecified atom stereocenters. The maximum absolute atomic E-state index is 6.18. The molecule has 0 saturated carbocycles. The molecule has 1 aromatic carbocycles. The second-order valence-electron chi connectivity index (χ2n) is 4.69. The Hall–Kier alpha value is -1.59. The summed E-state index contributed by atoms with van der Waals surface area (Å²) in [6.45, 7) is 4.14. The Morgan fingerprint density at radius 1 is 1.45 bits per heavy atom. The maximum Gasteiger partial charge on any atom is 0.226 e. The van der Waals surface area contributed by atoms with Crippen molar-refractivity contribution in [2.24, 2.45) is 5.73 Å². The van der Waals surface area contributed by atoms with Crippen molar-refractivity contribution in [3.63, 3.8) is 0 Å². The fourth-order valence-electron chi connectivity index (χ4n) is 1.79. The first kappa shape index (κ1) is 14.8. The molecule has 0 radical (unpaired) electrons. The number of aryl methyl sites for hydroxylation is 1. The van der Waals surface area contributed by atoms with Gasteiger partial charge in [0.25, 0.3) is 0 Å². The van der Waals surface area contributed by atoms with Gasteiger partial charge >= 0.3 is 0 Å². The predicted molar refractivity (Wildman–Crippen MR) is 76.8 cm³/mol. The minimum absolute atomic E-state index is 0.102. The molecular weight excluding hydrogens is 278 g/mol. The molecule has 2 rings (SSSR count). The Morgan fingerprint density at radius 2 is 2.25 bits per heavy atom. The summed E-state index contributed by atoms with van der Waals surface area (Å²) in [6, 6.07) is 5.76. The van der Waals surface area contributed by atoms with Crippen LogP contribution in [0.2, 0.25) is 5.02 Å². The highest BCUT2D eigenvalue weighted by Crippen LogP contribution is 2.26. The SMILES string of the molecule is CCc1nc(COc2ccc(CC(C)N)cc2Cl)no1. The highest BCUT2D eigenvalue weighted by atomic mass is 35.5. The Morgan fingerprint density at radius 3 is 2.85 bits per heavy atom. The molecule has 0 aliphatic rings. The number of hydrogen-bond acceptors (Lipinski definition) is 5. The van der Waals surface area contributed by atoms with Crippen LogP contribution in [-0.2, 0) is 19.4 Å². The Bertz CT molecular complexity index is 569. The number of nitrogens with two attached hydrogens (primary N) is 1. The third kappa shape index (κ3) is 3.95. The van der Waals surface area contributed by atoms with Crippen molar-refractivity contribution in [2.45, 2.75) is 39.3 Å². The van der Waals surface area contributed by atoms with Crippen molar-refractivity contribution in [2.75, 3.05) is 0 Å². The third-order valence-corrected chi connectivity index (χ3v) is 3.02. The molecule has 0 saturated heterocycles. The Labute approximate surface area is 123 Å². The van der Waals surface area contributed by atoms with Gasteiger partial charge in [-0.1, -0.05) is 29.7 Å². The van der Waals surface area contributed by atoms with Crippen molar-refractivity contribution < 1.29 is 9.26 Å². The number of rotatable bonds is 6. The molecule has 0 bridgehead atoms. The van der Waals surface area contributed by atoms with Crippen LogP contribution in [0, 0.1) is 0 Å². The number of aromatic nitrogens is 2. The number of hydrogen-bond donors (Lipinski definition) is 1. The summed E-state index contributed by atoms with van der Waals surface area (Å²) in [6.07, 6.45) is 1.49. The zero-order valence-electron chi connectivity index (χ0n) is 11.6. The van der Waals surface area contributed by atoms with E-state index in [1.165, 1.54) is 0 Å². The number of halogens is 1. The molecular formula is C14H18ClN3O2. The van der Waals surface area contributed by atoms with E-state index in [9.17, 15) is 0 Å². The van der Waals surface area contributed by atoms with Gasteiger partial charge in [-0.25, -0.2) is 0 Å². The zero-order chi connectivity index (χ0) is 14.5. The average molecular weight is 296 g/mol. The molecule has 20 heavy (non-hydrogen) atoms. The molecule has 6 heteroatoms. The van der Waals surface area contributed by atoms with Gasteiger partial charge in [0.2, 0.25) is 11.7 Å². The number of benzene rings is 1. The van der Waals surface area contributed by atoms with Gasteiger partial charge in [0.15, 0.2) is 6.61 Å². The van der Waals surface area contributed by atoms with Gasteiger partial charge in [-0.15, -0.1) is 0 Å². The fraction of sp³-hybridized carbons (Fsp3) is 0.429. The van der Waals surface area contributed by atoms with Crippen LogP contribution in [0.3, 0.4) is 0 Å². The molecule has 0 aliphatic carbocycles. The van der Waals surface area contributed by atoms with Crippen LogP contribution in [0.15, 0.2) is 22.7 Å². The van der Waals surface area contributed by atoms with Crippen LogP contribution in [0.5, 0.6) is 5.75 Å². The second-order valence-corrected chi connectivity index (χ2v) is 5.10.